The number of carboxylic acids is 1. The molecule has 0 aliphatic carbocycles. The Morgan fingerprint density at radius 1 is 0.938 bits per heavy atom. The monoisotopic (exact) mass is 434 g/mol. The summed E-state index contributed by atoms with van der Waals surface area (Å²) < 4.78 is 5.94. The highest BCUT2D eigenvalue weighted by Gasteiger charge is 2.16. The van der Waals surface area contributed by atoms with Crippen LogP contribution in [0.3, 0.4) is 0 Å². The molecule has 0 fully saturated rings. The molecule has 0 atom stereocenters. The lowest BCUT2D eigenvalue weighted by Gasteiger charge is -2.15. The third-order valence-electron chi connectivity index (χ3n) is 5.22. The molecule has 3 aromatic carbocycles. The van der Waals surface area contributed by atoms with E-state index in [1.54, 1.807) is 24.3 Å². The van der Waals surface area contributed by atoms with E-state index in [0.29, 0.717) is 28.9 Å². The van der Waals surface area contributed by atoms with Crippen molar-refractivity contribution in [3.8, 4) is 22.6 Å². The van der Waals surface area contributed by atoms with E-state index in [1.165, 1.54) is 13.0 Å². The Hall–Kier alpha value is -3.64. The van der Waals surface area contributed by atoms with Gasteiger partial charge < -0.3 is 20.1 Å². The number of ether oxygens (including phenoxy) is 1. The fourth-order valence-electron chi connectivity index (χ4n) is 3.56. The summed E-state index contributed by atoms with van der Waals surface area (Å²) in [5, 5.41) is 29.2. The average Bonchev–Trinajstić information content (AvgIpc) is 2.79. The SMILES string of the molecule is CCCc1c(OCc2ccc(-c3cc(CO)cc(C(=O)O)c3)cc2)ccc(C(C)=O)c1O. The lowest BCUT2D eigenvalue weighted by molar-refractivity contribution is 0.0696. The Morgan fingerprint density at radius 3 is 2.25 bits per heavy atom. The predicted octanol–water partition coefficient (Wildman–Crippen LogP) is 4.98. The molecule has 0 aliphatic heterocycles. The molecule has 3 rings (SSSR count). The van der Waals surface area contributed by atoms with Gasteiger partial charge in [0.1, 0.15) is 18.1 Å². The van der Waals surface area contributed by atoms with E-state index in [4.69, 9.17) is 4.74 Å². The molecule has 0 heterocycles. The lowest BCUT2D eigenvalue weighted by Crippen LogP contribution is -2.02. The highest BCUT2D eigenvalue weighted by Crippen LogP contribution is 2.33. The van der Waals surface area contributed by atoms with Gasteiger partial charge in [-0.25, -0.2) is 4.79 Å². The second-order valence-corrected chi connectivity index (χ2v) is 7.61. The van der Waals surface area contributed by atoms with Crippen molar-refractivity contribution in [3.05, 3.63) is 82.4 Å². The molecule has 6 heteroatoms. The number of benzene rings is 3. The van der Waals surface area contributed by atoms with Crippen LogP contribution in [0.5, 0.6) is 11.5 Å². The number of hydrogen-bond donors (Lipinski definition) is 3. The molecule has 3 N–H and O–H groups in total. The zero-order valence-electron chi connectivity index (χ0n) is 18.1. The Bertz CT molecular complexity index is 1130. The van der Waals surface area contributed by atoms with Crippen molar-refractivity contribution in [2.24, 2.45) is 0 Å². The Balaban J connectivity index is 1.80. The van der Waals surface area contributed by atoms with Gasteiger partial charge in [0.05, 0.1) is 17.7 Å². The van der Waals surface area contributed by atoms with Crippen molar-refractivity contribution in [3.63, 3.8) is 0 Å². The summed E-state index contributed by atoms with van der Waals surface area (Å²) >= 11 is 0. The highest BCUT2D eigenvalue weighted by molar-refractivity contribution is 5.97. The zero-order valence-corrected chi connectivity index (χ0v) is 18.1. The number of carbonyl (C=O) groups is 2. The van der Waals surface area contributed by atoms with E-state index in [0.717, 1.165) is 17.5 Å². The number of aromatic hydroxyl groups is 1. The Labute approximate surface area is 186 Å². The number of ketones is 1. The molecular weight excluding hydrogens is 408 g/mol. The standard InChI is InChI=1S/C26H26O6/c1-3-4-23-24(10-9-22(16(2)28)25(23)29)32-15-17-5-7-19(8-6-17)20-11-18(14-27)12-21(13-20)26(30)31/h5-13,27,29H,3-4,14-15H2,1-2H3,(H,30,31). The van der Waals surface area contributed by atoms with Gasteiger partial charge in [0.15, 0.2) is 5.78 Å². The summed E-state index contributed by atoms with van der Waals surface area (Å²) in [5.41, 5.74) is 3.98. The van der Waals surface area contributed by atoms with Gasteiger partial charge in [-0.05, 0) is 65.9 Å². The molecule has 32 heavy (non-hydrogen) atoms. The first-order valence-electron chi connectivity index (χ1n) is 10.4. The molecule has 0 bridgehead atoms. The van der Waals surface area contributed by atoms with Gasteiger partial charge in [0, 0.05) is 5.56 Å². The maximum Gasteiger partial charge on any atom is 0.335 e. The van der Waals surface area contributed by atoms with Crippen LogP contribution in [-0.4, -0.2) is 27.1 Å². The molecule has 0 saturated carbocycles. The van der Waals surface area contributed by atoms with Crippen LogP contribution in [0.4, 0.5) is 0 Å². The third kappa shape index (κ3) is 5.15. The molecule has 0 aromatic heterocycles. The Morgan fingerprint density at radius 2 is 1.66 bits per heavy atom. The fourth-order valence-corrected chi connectivity index (χ4v) is 3.56. The highest BCUT2D eigenvalue weighted by atomic mass is 16.5. The van der Waals surface area contributed by atoms with Gasteiger partial charge in [-0.3, -0.25) is 4.79 Å². The number of aliphatic hydroxyl groups excluding tert-OH is 1. The van der Waals surface area contributed by atoms with Crippen molar-refractivity contribution in [1.29, 1.82) is 0 Å². The van der Waals surface area contributed by atoms with Crippen molar-refractivity contribution in [2.75, 3.05) is 0 Å². The largest absolute Gasteiger partial charge is 0.507 e. The number of phenolic OH excluding ortho intramolecular Hbond substituents is 1. The quantitative estimate of drug-likeness (QED) is 0.410. The molecule has 0 aliphatic rings. The summed E-state index contributed by atoms with van der Waals surface area (Å²) in [5.74, 6) is -0.725. The van der Waals surface area contributed by atoms with Crippen LogP contribution in [-0.2, 0) is 19.6 Å². The topological polar surface area (TPSA) is 104 Å². The lowest BCUT2D eigenvalue weighted by atomic mass is 9.99. The van der Waals surface area contributed by atoms with E-state index >= 15 is 0 Å². The smallest absolute Gasteiger partial charge is 0.335 e. The van der Waals surface area contributed by atoms with Gasteiger partial charge >= 0.3 is 5.97 Å². The molecule has 0 unspecified atom stereocenters. The molecular formula is C26H26O6. The number of aromatic carboxylic acids is 1. The van der Waals surface area contributed by atoms with E-state index in [2.05, 4.69) is 0 Å². The minimum atomic E-state index is -1.05. The number of phenols is 1. The Kier molecular flexibility index (Phi) is 7.28. The van der Waals surface area contributed by atoms with Crippen LogP contribution in [0.1, 0.15) is 57.7 Å². The summed E-state index contributed by atoms with van der Waals surface area (Å²) in [4.78, 5) is 23.1. The zero-order chi connectivity index (χ0) is 23.3. The van der Waals surface area contributed by atoms with E-state index in [9.17, 15) is 24.9 Å². The fraction of sp³-hybridized carbons (Fsp3) is 0.231. The van der Waals surface area contributed by atoms with E-state index in [1.807, 2.05) is 31.2 Å². The average molecular weight is 434 g/mol. The minimum absolute atomic E-state index is 0.0230. The van der Waals surface area contributed by atoms with Gasteiger partial charge in [-0.15, -0.1) is 0 Å². The van der Waals surface area contributed by atoms with Gasteiger partial charge in [-0.1, -0.05) is 37.6 Å². The first-order valence-corrected chi connectivity index (χ1v) is 10.4. The second kappa shape index (κ2) is 10.1. The molecule has 0 radical (unpaired) electrons. The van der Waals surface area contributed by atoms with Crippen molar-refractivity contribution in [1.82, 2.24) is 0 Å². The first kappa shape index (κ1) is 23.0. The van der Waals surface area contributed by atoms with Crippen molar-refractivity contribution in [2.45, 2.75) is 39.9 Å². The molecule has 0 amide bonds. The maximum atomic E-state index is 11.7. The van der Waals surface area contributed by atoms with Crippen LogP contribution < -0.4 is 4.74 Å². The molecule has 166 valence electrons. The first-order chi connectivity index (χ1) is 15.3. The van der Waals surface area contributed by atoms with Crippen LogP contribution in [0, 0.1) is 0 Å². The normalized spacial score (nSPS) is 10.7. The van der Waals surface area contributed by atoms with Crippen LogP contribution in [0.2, 0.25) is 0 Å². The number of Topliss-reactive ketones (excluding diaryl/α,β-unsaturated/α-hetero) is 1. The summed E-state index contributed by atoms with van der Waals surface area (Å²) in [6.07, 6.45) is 1.39. The van der Waals surface area contributed by atoms with Crippen LogP contribution in [0.25, 0.3) is 11.1 Å². The number of rotatable bonds is 9. The maximum absolute atomic E-state index is 11.7. The van der Waals surface area contributed by atoms with Gasteiger partial charge in [-0.2, -0.15) is 0 Å². The van der Waals surface area contributed by atoms with Crippen LogP contribution >= 0.6 is 0 Å². The van der Waals surface area contributed by atoms with Crippen molar-refractivity contribution >= 4 is 11.8 Å². The van der Waals surface area contributed by atoms with Gasteiger partial charge in [0.25, 0.3) is 0 Å². The predicted molar refractivity (Wildman–Crippen MR) is 121 cm³/mol. The summed E-state index contributed by atoms with van der Waals surface area (Å²) in [6.45, 7) is 3.44. The van der Waals surface area contributed by atoms with E-state index in [-0.39, 0.29) is 35.9 Å². The second-order valence-electron chi connectivity index (χ2n) is 7.61. The molecule has 6 nitrogen and oxygen atoms in total. The molecule has 0 spiro atoms. The van der Waals surface area contributed by atoms with Gasteiger partial charge in [0.2, 0.25) is 0 Å². The summed E-state index contributed by atoms with van der Waals surface area (Å²) in [6, 6.07) is 15.6. The number of carboxylic acid groups (broad SMARTS) is 1. The third-order valence-corrected chi connectivity index (χ3v) is 5.22. The minimum Gasteiger partial charge on any atom is -0.507 e. The summed E-state index contributed by atoms with van der Waals surface area (Å²) in [7, 11) is 0. The number of hydrogen-bond acceptors (Lipinski definition) is 5. The number of aliphatic hydroxyl groups is 1. The van der Waals surface area contributed by atoms with Crippen LogP contribution in [0.15, 0.2) is 54.6 Å². The van der Waals surface area contributed by atoms with E-state index < -0.39 is 5.97 Å². The van der Waals surface area contributed by atoms with Crippen molar-refractivity contribution < 1.29 is 29.6 Å². The number of carbonyl (C=O) groups excluding carboxylic acids is 1. The molecule has 3 aromatic rings. The molecule has 0 saturated heterocycles.